The number of phenols is 1. The number of fused-ring (bicyclic) bond motifs is 3. The van der Waals surface area contributed by atoms with E-state index in [4.69, 9.17) is 0 Å². The van der Waals surface area contributed by atoms with Gasteiger partial charge in [-0.05, 0) is 63.4 Å². The minimum absolute atomic E-state index is 0.0617. The Labute approximate surface area is 159 Å². The minimum Gasteiger partial charge on any atom is -0.508 e. The first-order valence-electron chi connectivity index (χ1n) is 9.16. The van der Waals surface area contributed by atoms with Crippen LogP contribution in [0.5, 0.6) is 5.75 Å². The van der Waals surface area contributed by atoms with Crippen LogP contribution in [0.3, 0.4) is 0 Å². The van der Waals surface area contributed by atoms with Crippen molar-refractivity contribution in [2.75, 3.05) is 0 Å². The molecule has 0 fully saturated rings. The highest BCUT2D eigenvalue weighted by molar-refractivity contribution is 5.81. The van der Waals surface area contributed by atoms with Gasteiger partial charge in [0.15, 0.2) is 0 Å². The van der Waals surface area contributed by atoms with Gasteiger partial charge in [0, 0.05) is 5.56 Å². The van der Waals surface area contributed by atoms with Crippen molar-refractivity contribution >= 4 is 18.4 Å². The lowest BCUT2D eigenvalue weighted by atomic mass is 9.70. The molecule has 1 aliphatic carbocycles. The molecule has 1 N–H and O–H groups in total. The van der Waals surface area contributed by atoms with Crippen molar-refractivity contribution in [3.8, 4) is 16.9 Å². The average Bonchev–Trinajstić information content (AvgIpc) is 2.67. The zero-order valence-corrected chi connectivity index (χ0v) is 15.6. The number of carbonyl (C=O) groups excluding carboxylic acids is 1. The van der Waals surface area contributed by atoms with Gasteiger partial charge in [0.2, 0.25) is 0 Å². The Morgan fingerprint density at radius 1 is 0.815 bits per heavy atom. The molecule has 27 heavy (non-hydrogen) atoms. The molecule has 2 heteroatoms. The average molecular weight is 354 g/mol. The quantitative estimate of drug-likeness (QED) is 0.471. The number of carbonyl (C=O) groups is 1. The van der Waals surface area contributed by atoms with Gasteiger partial charge in [-0.15, -0.1) is 0 Å². The second-order valence-electron chi connectivity index (χ2n) is 7.82. The van der Waals surface area contributed by atoms with E-state index >= 15 is 0 Å². The molecule has 0 spiro atoms. The van der Waals surface area contributed by atoms with Crippen LogP contribution in [0.15, 0.2) is 60.7 Å². The maximum Gasteiger partial charge on any atom is 0.150 e. The molecule has 2 nitrogen and oxygen atoms in total. The summed E-state index contributed by atoms with van der Waals surface area (Å²) < 4.78 is 0. The van der Waals surface area contributed by atoms with Gasteiger partial charge in [0.1, 0.15) is 12.0 Å². The van der Waals surface area contributed by atoms with Gasteiger partial charge in [-0.1, -0.05) is 68.5 Å². The van der Waals surface area contributed by atoms with Crippen LogP contribution < -0.4 is 0 Å². The summed E-state index contributed by atoms with van der Waals surface area (Å²) in [5.74, 6) is 0.301. The summed E-state index contributed by atoms with van der Waals surface area (Å²) in [6.07, 6.45) is 5.95. The Bertz CT molecular complexity index is 1040. The van der Waals surface area contributed by atoms with E-state index in [-0.39, 0.29) is 5.41 Å². The van der Waals surface area contributed by atoms with Crippen LogP contribution in [0.1, 0.15) is 46.5 Å². The lowest BCUT2D eigenvalue weighted by Gasteiger charge is -2.34. The highest BCUT2D eigenvalue weighted by Crippen LogP contribution is 2.44. The zero-order chi connectivity index (χ0) is 19.0. The van der Waals surface area contributed by atoms with E-state index in [2.05, 4.69) is 38.1 Å². The maximum atomic E-state index is 10.8. The van der Waals surface area contributed by atoms with E-state index in [1.54, 1.807) is 6.07 Å². The van der Waals surface area contributed by atoms with Gasteiger partial charge in [0.25, 0.3) is 0 Å². The fourth-order valence-corrected chi connectivity index (χ4v) is 3.90. The molecule has 0 aliphatic heterocycles. The number of aldehydes is 1. The summed E-state index contributed by atoms with van der Waals surface area (Å²) in [7, 11) is 0. The standard InChI is InChI=1S/C25H22O2/c1-25(2)15-20-10-11-21(27)14-22(20)23-13-18(9-12-24(23)25)6-3-17-4-7-19(16-26)8-5-17/h3-14,16,27H,15H2,1-2H3. The third kappa shape index (κ3) is 3.31. The first kappa shape index (κ1) is 17.3. The second kappa shape index (κ2) is 6.55. The third-order valence-electron chi connectivity index (χ3n) is 5.33. The van der Waals surface area contributed by atoms with Gasteiger partial charge in [-0.3, -0.25) is 4.79 Å². The van der Waals surface area contributed by atoms with Crippen molar-refractivity contribution in [3.63, 3.8) is 0 Å². The number of aromatic hydroxyl groups is 1. The molecule has 0 saturated heterocycles. The Kier molecular flexibility index (Phi) is 4.19. The molecule has 0 bridgehead atoms. The molecule has 3 aromatic carbocycles. The predicted octanol–water partition coefficient (Wildman–Crippen LogP) is 5.88. The monoisotopic (exact) mass is 354 g/mol. The van der Waals surface area contributed by atoms with Crippen LogP contribution in [0.25, 0.3) is 23.3 Å². The molecule has 0 aromatic heterocycles. The molecule has 0 atom stereocenters. The smallest absolute Gasteiger partial charge is 0.150 e. The number of hydrogen-bond acceptors (Lipinski definition) is 2. The number of phenolic OH excluding ortho intramolecular Hbond substituents is 1. The van der Waals surface area contributed by atoms with E-state index in [1.807, 2.05) is 42.5 Å². The normalized spacial score (nSPS) is 14.6. The Balaban J connectivity index is 1.74. The molecule has 4 rings (SSSR count). The van der Waals surface area contributed by atoms with Crippen LogP contribution in [-0.4, -0.2) is 11.4 Å². The highest BCUT2D eigenvalue weighted by Gasteiger charge is 2.30. The molecular weight excluding hydrogens is 332 g/mol. The molecule has 0 heterocycles. The number of benzene rings is 3. The summed E-state index contributed by atoms with van der Waals surface area (Å²) in [5.41, 5.74) is 7.80. The van der Waals surface area contributed by atoms with E-state index in [0.29, 0.717) is 11.3 Å². The summed E-state index contributed by atoms with van der Waals surface area (Å²) in [6, 6.07) is 19.7. The van der Waals surface area contributed by atoms with E-state index in [0.717, 1.165) is 29.4 Å². The molecule has 0 unspecified atom stereocenters. The molecule has 0 saturated carbocycles. The number of hydrogen-bond donors (Lipinski definition) is 1. The second-order valence-corrected chi connectivity index (χ2v) is 7.82. The molecular formula is C25H22O2. The molecule has 0 radical (unpaired) electrons. The first-order valence-corrected chi connectivity index (χ1v) is 9.16. The van der Waals surface area contributed by atoms with Crippen molar-refractivity contribution in [1.29, 1.82) is 0 Å². The minimum atomic E-state index is 0.0617. The van der Waals surface area contributed by atoms with E-state index in [1.165, 1.54) is 16.7 Å². The Morgan fingerprint density at radius 3 is 2.22 bits per heavy atom. The van der Waals surface area contributed by atoms with Gasteiger partial charge in [0.05, 0.1) is 0 Å². The Morgan fingerprint density at radius 2 is 1.48 bits per heavy atom. The van der Waals surface area contributed by atoms with Crippen LogP contribution in [0.4, 0.5) is 0 Å². The molecule has 0 amide bonds. The van der Waals surface area contributed by atoms with Crippen molar-refractivity contribution in [3.05, 3.63) is 88.5 Å². The van der Waals surface area contributed by atoms with Gasteiger partial charge < -0.3 is 5.11 Å². The van der Waals surface area contributed by atoms with Gasteiger partial charge >= 0.3 is 0 Å². The molecule has 1 aliphatic rings. The highest BCUT2D eigenvalue weighted by atomic mass is 16.3. The fraction of sp³-hybridized carbons (Fsp3) is 0.160. The fourth-order valence-electron chi connectivity index (χ4n) is 3.90. The van der Waals surface area contributed by atoms with Crippen LogP contribution in [0, 0.1) is 0 Å². The maximum absolute atomic E-state index is 10.8. The molecule has 134 valence electrons. The van der Waals surface area contributed by atoms with Crippen LogP contribution in [-0.2, 0) is 11.8 Å². The van der Waals surface area contributed by atoms with Gasteiger partial charge in [-0.2, -0.15) is 0 Å². The SMILES string of the molecule is CC1(C)Cc2ccc(O)cc2-c2cc(C=Cc3ccc(C=O)cc3)ccc21. The summed E-state index contributed by atoms with van der Waals surface area (Å²) in [5, 5.41) is 9.97. The van der Waals surface area contributed by atoms with E-state index in [9.17, 15) is 9.90 Å². The van der Waals surface area contributed by atoms with Gasteiger partial charge in [-0.25, -0.2) is 0 Å². The zero-order valence-electron chi connectivity index (χ0n) is 15.6. The third-order valence-corrected chi connectivity index (χ3v) is 5.33. The largest absolute Gasteiger partial charge is 0.508 e. The summed E-state index contributed by atoms with van der Waals surface area (Å²) >= 11 is 0. The lowest BCUT2D eigenvalue weighted by Crippen LogP contribution is -2.25. The van der Waals surface area contributed by atoms with Crippen LogP contribution >= 0.6 is 0 Å². The van der Waals surface area contributed by atoms with Crippen molar-refractivity contribution < 1.29 is 9.90 Å². The summed E-state index contributed by atoms with van der Waals surface area (Å²) in [6.45, 7) is 4.54. The first-order chi connectivity index (χ1) is 13.0. The lowest BCUT2D eigenvalue weighted by molar-refractivity contribution is 0.112. The van der Waals surface area contributed by atoms with Crippen LogP contribution in [0.2, 0.25) is 0 Å². The number of rotatable bonds is 3. The summed E-state index contributed by atoms with van der Waals surface area (Å²) in [4.78, 5) is 10.8. The topological polar surface area (TPSA) is 37.3 Å². The Hall–Kier alpha value is -3.13. The molecule has 3 aromatic rings. The van der Waals surface area contributed by atoms with Crippen molar-refractivity contribution in [1.82, 2.24) is 0 Å². The van der Waals surface area contributed by atoms with Crippen molar-refractivity contribution in [2.24, 2.45) is 0 Å². The predicted molar refractivity (Wildman–Crippen MR) is 111 cm³/mol. The van der Waals surface area contributed by atoms with Crippen molar-refractivity contribution in [2.45, 2.75) is 25.7 Å². The van der Waals surface area contributed by atoms with E-state index < -0.39 is 0 Å².